The van der Waals surface area contributed by atoms with Crippen molar-refractivity contribution in [2.45, 2.75) is 39.5 Å². The van der Waals surface area contributed by atoms with Crippen LogP contribution in [0.1, 0.15) is 36.8 Å². The zero-order chi connectivity index (χ0) is 13.3. The maximum Gasteiger partial charge on any atom is 0.161 e. The molecule has 1 heterocycles. The minimum atomic E-state index is 0.526. The molecule has 0 bridgehead atoms. The summed E-state index contributed by atoms with van der Waals surface area (Å²) in [6.07, 6.45) is 5.55. The van der Waals surface area contributed by atoms with Gasteiger partial charge in [-0.1, -0.05) is 42.3 Å². The fraction of sp³-hybridized carbons (Fsp3) is 0.562. The predicted molar refractivity (Wildman–Crippen MR) is 85.2 cm³/mol. The third kappa shape index (κ3) is 2.81. The second kappa shape index (κ2) is 5.20. The lowest BCUT2D eigenvalue weighted by atomic mass is 9.89. The van der Waals surface area contributed by atoms with E-state index < -0.39 is 0 Å². The Balaban J connectivity index is 1.69. The Kier molecular flexibility index (Phi) is 3.57. The van der Waals surface area contributed by atoms with Gasteiger partial charge >= 0.3 is 0 Å². The molecule has 102 valence electrons. The van der Waals surface area contributed by atoms with Gasteiger partial charge in [-0.15, -0.1) is 0 Å². The molecule has 0 saturated heterocycles. The van der Waals surface area contributed by atoms with Crippen molar-refractivity contribution in [3.63, 3.8) is 0 Å². The molecule has 1 aliphatic carbocycles. The van der Waals surface area contributed by atoms with Crippen molar-refractivity contribution in [2.75, 3.05) is 17.6 Å². The van der Waals surface area contributed by atoms with Crippen LogP contribution in [0.15, 0.2) is 23.2 Å². The summed E-state index contributed by atoms with van der Waals surface area (Å²) in [5.74, 6) is 1.24. The fourth-order valence-electron chi connectivity index (χ4n) is 3.12. The number of hydrogen-bond acceptors (Lipinski definition) is 3. The summed E-state index contributed by atoms with van der Waals surface area (Å²) in [6, 6.07) is 6.53. The number of aryl methyl sites for hydroxylation is 2. The average molecular weight is 274 g/mol. The first-order valence-corrected chi connectivity index (χ1v) is 8.17. The number of benzene rings is 1. The Morgan fingerprint density at radius 1 is 1.21 bits per heavy atom. The van der Waals surface area contributed by atoms with Gasteiger partial charge in [-0.3, -0.25) is 4.99 Å². The van der Waals surface area contributed by atoms with E-state index in [9.17, 15) is 0 Å². The van der Waals surface area contributed by atoms with E-state index in [1.165, 1.54) is 48.3 Å². The van der Waals surface area contributed by atoms with Crippen LogP contribution in [0, 0.1) is 19.3 Å². The molecule has 1 aromatic carbocycles. The Bertz CT molecular complexity index is 501. The van der Waals surface area contributed by atoms with Gasteiger partial charge in [0.2, 0.25) is 0 Å². The molecule has 2 nitrogen and oxygen atoms in total. The molecule has 1 aromatic rings. The first kappa shape index (κ1) is 13.0. The topological polar surface area (TPSA) is 24.4 Å². The van der Waals surface area contributed by atoms with Crippen molar-refractivity contribution >= 4 is 22.6 Å². The van der Waals surface area contributed by atoms with E-state index in [-0.39, 0.29) is 0 Å². The van der Waals surface area contributed by atoms with Gasteiger partial charge in [0, 0.05) is 18.0 Å². The number of thioether (sulfide) groups is 1. The normalized spacial score (nSPS) is 21.5. The van der Waals surface area contributed by atoms with Gasteiger partial charge in [0.25, 0.3) is 0 Å². The molecule has 3 rings (SSSR count). The van der Waals surface area contributed by atoms with Crippen LogP contribution < -0.4 is 5.32 Å². The second-order valence-corrected chi connectivity index (χ2v) is 7.02. The Hall–Kier alpha value is -0.960. The average Bonchev–Trinajstić information content (AvgIpc) is 2.84. The number of anilines is 1. The molecule has 0 aromatic heterocycles. The third-order valence-corrected chi connectivity index (χ3v) is 5.62. The summed E-state index contributed by atoms with van der Waals surface area (Å²) in [5.41, 5.74) is 4.33. The molecule has 1 fully saturated rings. The molecular formula is C16H22N2S. The summed E-state index contributed by atoms with van der Waals surface area (Å²) < 4.78 is 0. The van der Waals surface area contributed by atoms with E-state index in [0.717, 1.165) is 11.7 Å². The van der Waals surface area contributed by atoms with Gasteiger partial charge in [-0.2, -0.15) is 0 Å². The molecule has 0 radical (unpaired) electrons. The number of nitrogens with one attached hydrogen (secondary N) is 1. The molecule has 1 saturated carbocycles. The van der Waals surface area contributed by atoms with E-state index >= 15 is 0 Å². The maximum atomic E-state index is 4.79. The molecule has 19 heavy (non-hydrogen) atoms. The Labute approximate surface area is 120 Å². The first-order chi connectivity index (χ1) is 9.17. The van der Waals surface area contributed by atoms with Crippen LogP contribution in [0.2, 0.25) is 0 Å². The highest BCUT2D eigenvalue weighted by atomic mass is 32.2. The standard InChI is InChI=1S/C16H22N2S/c1-12-5-6-14(13(2)9-12)18-15-17-10-16(11-19-15)7-3-4-8-16/h5-6,9H,3-4,7-8,10-11H2,1-2H3,(H,17,18). The monoisotopic (exact) mass is 274 g/mol. The molecule has 1 N–H and O–H groups in total. The molecule has 0 atom stereocenters. The highest BCUT2D eigenvalue weighted by molar-refractivity contribution is 8.14. The van der Waals surface area contributed by atoms with Gasteiger partial charge in [0.1, 0.15) is 0 Å². The lowest BCUT2D eigenvalue weighted by molar-refractivity contribution is 0.359. The quantitative estimate of drug-likeness (QED) is 0.822. The lowest BCUT2D eigenvalue weighted by Gasteiger charge is -2.31. The zero-order valence-electron chi connectivity index (χ0n) is 11.8. The maximum absolute atomic E-state index is 4.79. The zero-order valence-corrected chi connectivity index (χ0v) is 12.6. The van der Waals surface area contributed by atoms with Crippen LogP contribution in [-0.2, 0) is 0 Å². The highest BCUT2D eigenvalue weighted by Gasteiger charge is 2.36. The first-order valence-electron chi connectivity index (χ1n) is 7.18. The fourth-order valence-corrected chi connectivity index (χ4v) is 4.29. The summed E-state index contributed by atoms with van der Waals surface area (Å²) in [7, 11) is 0. The van der Waals surface area contributed by atoms with Crippen LogP contribution in [0.4, 0.5) is 5.69 Å². The van der Waals surface area contributed by atoms with Crippen LogP contribution in [0.5, 0.6) is 0 Å². The largest absolute Gasteiger partial charge is 0.335 e. The highest BCUT2D eigenvalue weighted by Crippen LogP contribution is 2.43. The molecule has 0 amide bonds. The summed E-state index contributed by atoms with van der Waals surface area (Å²) in [6.45, 7) is 5.31. The third-order valence-electron chi connectivity index (χ3n) is 4.36. The van der Waals surface area contributed by atoms with Gasteiger partial charge in [0.15, 0.2) is 5.17 Å². The van der Waals surface area contributed by atoms with Crippen LogP contribution >= 0.6 is 11.8 Å². The smallest absolute Gasteiger partial charge is 0.161 e. The van der Waals surface area contributed by atoms with Gasteiger partial charge < -0.3 is 5.32 Å². The molecule has 2 aliphatic rings. The summed E-state index contributed by atoms with van der Waals surface area (Å²) in [5, 5.41) is 4.60. The van der Waals surface area contributed by atoms with Crippen molar-refractivity contribution in [1.29, 1.82) is 0 Å². The number of nitrogens with zero attached hydrogens (tertiary/aromatic N) is 1. The minimum absolute atomic E-state index is 0.526. The van der Waals surface area contributed by atoms with Crippen molar-refractivity contribution in [3.8, 4) is 0 Å². The predicted octanol–water partition coefficient (Wildman–Crippen LogP) is 4.38. The van der Waals surface area contributed by atoms with E-state index in [2.05, 4.69) is 37.4 Å². The van der Waals surface area contributed by atoms with Crippen LogP contribution in [0.25, 0.3) is 0 Å². The van der Waals surface area contributed by atoms with E-state index in [4.69, 9.17) is 4.99 Å². The number of rotatable bonds is 1. The van der Waals surface area contributed by atoms with Crippen molar-refractivity contribution < 1.29 is 0 Å². The van der Waals surface area contributed by atoms with Crippen molar-refractivity contribution in [3.05, 3.63) is 29.3 Å². The van der Waals surface area contributed by atoms with Gasteiger partial charge in [-0.25, -0.2) is 0 Å². The summed E-state index contributed by atoms with van der Waals surface area (Å²) >= 11 is 1.91. The molecule has 1 aliphatic heterocycles. The number of amidine groups is 1. The van der Waals surface area contributed by atoms with E-state index in [0.29, 0.717) is 5.41 Å². The van der Waals surface area contributed by atoms with E-state index in [1.54, 1.807) is 0 Å². The van der Waals surface area contributed by atoms with Crippen molar-refractivity contribution in [1.82, 2.24) is 0 Å². The second-order valence-electron chi connectivity index (χ2n) is 6.06. The van der Waals surface area contributed by atoms with Crippen LogP contribution in [0.3, 0.4) is 0 Å². The van der Waals surface area contributed by atoms with Crippen LogP contribution in [-0.4, -0.2) is 17.5 Å². The van der Waals surface area contributed by atoms with Gasteiger partial charge in [0.05, 0.1) is 0 Å². The molecular weight excluding hydrogens is 252 g/mol. The van der Waals surface area contributed by atoms with Crippen molar-refractivity contribution in [2.24, 2.45) is 10.4 Å². The molecule has 3 heteroatoms. The Morgan fingerprint density at radius 2 is 2.00 bits per heavy atom. The van der Waals surface area contributed by atoms with Gasteiger partial charge in [-0.05, 0) is 43.7 Å². The number of aliphatic imine (C=N–C) groups is 1. The number of hydrogen-bond donors (Lipinski definition) is 1. The SMILES string of the molecule is Cc1ccc(NC2=NCC3(CCCC3)CS2)c(C)c1. The Morgan fingerprint density at radius 3 is 2.63 bits per heavy atom. The minimum Gasteiger partial charge on any atom is -0.335 e. The van der Waals surface area contributed by atoms with E-state index in [1.807, 2.05) is 11.8 Å². The lowest BCUT2D eigenvalue weighted by Crippen LogP contribution is -2.30. The molecule has 1 spiro atoms. The molecule has 0 unspecified atom stereocenters. The summed E-state index contributed by atoms with van der Waals surface area (Å²) in [4.78, 5) is 4.79.